The van der Waals surface area contributed by atoms with Crippen LogP contribution >= 0.6 is 0 Å². The normalized spacial score (nSPS) is 17.1. The Bertz CT molecular complexity index is 1120. The molecule has 0 amide bonds. The molecule has 156 valence electrons. The quantitative estimate of drug-likeness (QED) is 0.713. The molecule has 1 heterocycles. The molecular formula is C19H20F2N2O4S2. The van der Waals surface area contributed by atoms with Crippen molar-refractivity contribution in [2.75, 3.05) is 26.2 Å². The van der Waals surface area contributed by atoms with Crippen LogP contribution in [0.4, 0.5) is 8.78 Å². The molecule has 1 aliphatic rings. The minimum Gasteiger partial charge on any atom is -0.208 e. The van der Waals surface area contributed by atoms with Gasteiger partial charge in [0.15, 0.2) is 0 Å². The summed E-state index contributed by atoms with van der Waals surface area (Å²) >= 11 is 0. The molecule has 3 rings (SSSR count). The van der Waals surface area contributed by atoms with Crippen LogP contribution in [0.3, 0.4) is 0 Å². The molecule has 1 saturated heterocycles. The zero-order valence-electron chi connectivity index (χ0n) is 15.6. The molecule has 0 spiro atoms. The van der Waals surface area contributed by atoms with E-state index in [1.165, 1.54) is 10.4 Å². The lowest BCUT2D eigenvalue weighted by Gasteiger charge is -2.32. The number of aryl methyl sites for hydroxylation is 1. The maximum Gasteiger partial charge on any atom is 0.246 e. The number of rotatable bonds is 5. The van der Waals surface area contributed by atoms with E-state index in [0.717, 1.165) is 33.0 Å². The van der Waals surface area contributed by atoms with Gasteiger partial charge in [-0.2, -0.15) is 8.61 Å². The van der Waals surface area contributed by atoms with Crippen LogP contribution in [0.15, 0.2) is 52.8 Å². The number of piperazine rings is 1. The van der Waals surface area contributed by atoms with E-state index in [4.69, 9.17) is 0 Å². The number of hydrogen-bond donors (Lipinski definition) is 0. The van der Waals surface area contributed by atoms with Crippen molar-refractivity contribution in [1.82, 2.24) is 8.61 Å². The molecule has 2 aromatic rings. The highest BCUT2D eigenvalue weighted by Crippen LogP contribution is 2.22. The Balaban J connectivity index is 1.70. The molecule has 6 nitrogen and oxygen atoms in total. The molecule has 0 aromatic heterocycles. The van der Waals surface area contributed by atoms with Gasteiger partial charge >= 0.3 is 0 Å². The lowest BCUT2D eigenvalue weighted by Crippen LogP contribution is -2.50. The van der Waals surface area contributed by atoms with Gasteiger partial charge in [-0.25, -0.2) is 25.6 Å². The van der Waals surface area contributed by atoms with E-state index >= 15 is 0 Å². The average molecular weight is 443 g/mol. The maximum absolute atomic E-state index is 13.9. The molecule has 0 atom stereocenters. The van der Waals surface area contributed by atoms with Crippen LogP contribution in [0.2, 0.25) is 0 Å². The molecule has 0 bridgehead atoms. The summed E-state index contributed by atoms with van der Waals surface area (Å²) in [5.74, 6) is -2.06. The number of benzene rings is 2. The topological polar surface area (TPSA) is 74.8 Å². The zero-order valence-corrected chi connectivity index (χ0v) is 17.3. The predicted molar refractivity (Wildman–Crippen MR) is 106 cm³/mol. The van der Waals surface area contributed by atoms with Gasteiger partial charge < -0.3 is 0 Å². The predicted octanol–water partition coefficient (Wildman–Crippen LogP) is 2.58. The second kappa shape index (κ2) is 8.31. The van der Waals surface area contributed by atoms with Crippen molar-refractivity contribution in [2.45, 2.75) is 11.8 Å². The summed E-state index contributed by atoms with van der Waals surface area (Å²) in [6, 6.07) is 9.56. The van der Waals surface area contributed by atoms with E-state index in [9.17, 15) is 25.6 Å². The van der Waals surface area contributed by atoms with Crippen molar-refractivity contribution >= 4 is 26.1 Å². The fourth-order valence-corrected chi connectivity index (χ4v) is 5.56. The Morgan fingerprint density at radius 3 is 2.03 bits per heavy atom. The fourth-order valence-electron chi connectivity index (χ4n) is 2.92. The zero-order chi connectivity index (χ0) is 21.2. The molecule has 0 N–H and O–H groups in total. The largest absolute Gasteiger partial charge is 0.246 e. The third-order valence-electron chi connectivity index (χ3n) is 4.58. The Kier molecular flexibility index (Phi) is 6.18. The second-order valence-corrected chi connectivity index (χ2v) is 10.4. The van der Waals surface area contributed by atoms with Crippen LogP contribution < -0.4 is 0 Å². The third-order valence-corrected chi connectivity index (χ3v) is 8.08. The van der Waals surface area contributed by atoms with E-state index in [-0.39, 0.29) is 26.2 Å². The SMILES string of the molecule is Cc1ccc(/C=C/S(=O)(=O)N2CCN(S(=O)(=O)c3ccc(F)cc3F)CC2)cc1. The number of nitrogens with zero attached hydrogens (tertiary/aromatic N) is 2. The summed E-state index contributed by atoms with van der Waals surface area (Å²) in [6.45, 7) is 1.54. The van der Waals surface area contributed by atoms with E-state index in [2.05, 4.69) is 0 Å². The number of sulfonamides is 2. The highest BCUT2D eigenvalue weighted by molar-refractivity contribution is 7.92. The molecule has 0 radical (unpaired) electrons. The maximum atomic E-state index is 13.9. The van der Waals surface area contributed by atoms with Gasteiger partial charge in [-0.05, 0) is 30.7 Å². The van der Waals surface area contributed by atoms with Crippen molar-refractivity contribution in [1.29, 1.82) is 0 Å². The lowest BCUT2D eigenvalue weighted by atomic mass is 10.2. The average Bonchev–Trinajstić information content (AvgIpc) is 2.67. The molecule has 1 aliphatic heterocycles. The Hall–Kier alpha value is -2.14. The van der Waals surface area contributed by atoms with E-state index < -0.39 is 36.6 Å². The number of halogens is 2. The molecule has 2 aromatic carbocycles. The van der Waals surface area contributed by atoms with Gasteiger partial charge in [-0.1, -0.05) is 29.8 Å². The summed E-state index contributed by atoms with van der Waals surface area (Å²) in [6.07, 6.45) is 1.48. The van der Waals surface area contributed by atoms with Crippen molar-refractivity contribution in [3.63, 3.8) is 0 Å². The van der Waals surface area contributed by atoms with Crippen LogP contribution in [0.25, 0.3) is 6.08 Å². The van der Waals surface area contributed by atoms with Gasteiger partial charge in [-0.3, -0.25) is 0 Å². The minimum atomic E-state index is -4.19. The van der Waals surface area contributed by atoms with Crippen molar-refractivity contribution in [3.8, 4) is 0 Å². The summed E-state index contributed by atoms with van der Waals surface area (Å²) < 4.78 is 79.3. The Morgan fingerprint density at radius 1 is 0.862 bits per heavy atom. The Morgan fingerprint density at radius 2 is 1.45 bits per heavy atom. The first kappa shape index (κ1) is 21.6. The van der Waals surface area contributed by atoms with Crippen molar-refractivity contribution in [2.24, 2.45) is 0 Å². The summed E-state index contributed by atoms with van der Waals surface area (Å²) in [5.41, 5.74) is 1.78. The first-order valence-corrected chi connectivity index (χ1v) is 11.7. The van der Waals surface area contributed by atoms with E-state index in [1.807, 2.05) is 19.1 Å². The molecule has 10 heteroatoms. The van der Waals surface area contributed by atoms with Gasteiger partial charge in [0.25, 0.3) is 0 Å². The van der Waals surface area contributed by atoms with Gasteiger partial charge in [0.2, 0.25) is 20.0 Å². The van der Waals surface area contributed by atoms with Crippen LogP contribution in [-0.2, 0) is 20.0 Å². The van der Waals surface area contributed by atoms with Gasteiger partial charge in [0.1, 0.15) is 16.5 Å². The van der Waals surface area contributed by atoms with Crippen LogP contribution in [0.5, 0.6) is 0 Å². The van der Waals surface area contributed by atoms with Gasteiger partial charge in [0, 0.05) is 37.7 Å². The van der Waals surface area contributed by atoms with Crippen molar-refractivity contribution in [3.05, 3.63) is 70.6 Å². The first-order valence-electron chi connectivity index (χ1n) is 8.80. The molecule has 29 heavy (non-hydrogen) atoms. The molecular weight excluding hydrogens is 422 g/mol. The molecule has 1 fully saturated rings. The molecule has 0 saturated carbocycles. The highest BCUT2D eigenvalue weighted by atomic mass is 32.2. The van der Waals surface area contributed by atoms with Crippen LogP contribution in [0.1, 0.15) is 11.1 Å². The smallest absolute Gasteiger partial charge is 0.208 e. The van der Waals surface area contributed by atoms with Crippen LogP contribution in [0, 0.1) is 18.6 Å². The lowest BCUT2D eigenvalue weighted by molar-refractivity contribution is 0.274. The standard InChI is InChI=1S/C19H20F2N2O4S2/c1-15-2-4-16(5-3-15)8-13-28(24,25)22-9-11-23(12-10-22)29(26,27)19-7-6-17(20)14-18(19)21/h2-8,13-14H,9-12H2,1H3/b13-8+. The minimum absolute atomic E-state index is 0.0669. The van der Waals surface area contributed by atoms with Crippen molar-refractivity contribution < 1.29 is 25.6 Å². The molecule has 0 aliphatic carbocycles. The van der Waals surface area contributed by atoms with E-state index in [0.29, 0.717) is 6.07 Å². The fraction of sp³-hybridized carbons (Fsp3) is 0.263. The van der Waals surface area contributed by atoms with E-state index in [1.54, 1.807) is 12.1 Å². The third kappa shape index (κ3) is 4.89. The van der Waals surface area contributed by atoms with Gasteiger partial charge in [0.05, 0.1) is 0 Å². The number of hydrogen-bond acceptors (Lipinski definition) is 4. The Labute approximate surface area is 169 Å². The second-order valence-electron chi connectivity index (χ2n) is 6.64. The summed E-state index contributed by atoms with van der Waals surface area (Å²) in [7, 11) is -7.92. The molecule has 0 unspecified atom stereocenters. The summed E-state index contributed by atoms with van der Waals surface area (Å²) in [4.78, 5) is -0.630. The summed E-state index contributed by atoms with van der Waals surface area (Å²) in [5, 5.41) is 1.08. The monoisotopic (exact) mass is 442 g/mol. The highest BCUT2D eigenvalue weighted by Gasteiger charge is 2.33. The first-order chi connectivity index (χ1) is 13.6. The van der Waals surface area contributed by atoms with Gasteiger partial charge in [-0.15, -0.1) is 0 Å². The van der Waals surface area contributed by atoms with Crippen LogP contribution in [-0.4, -0.2) is 51.6 Å².